The van der Waals surface area contributed by atoms with E-state index in [-0.39, 0.29) is 61.1 Å². The van der Waals surface area contributed by atoms with Gasteiger partial charge in [0.25, 0.3) is 0 Å². The lowest BCUT2D eigenvalue weighted by Crippen LogP contribution is -2.50. The third-order valence-electron chi connectivity index (χ3n) is 11.3. The summed E-state index contributed by atoms with van der Waals surface area (Å²) in [4.78, 5) is 70.2. The molecule has 0 saturated carbocycles. The monoisotopic (exact) mass is 902 g/mol. The number of alkyl halides is 3. The summed E-state index contributed by atoms with van der Waals surface area (Å²) in [5.41, 5.74) is 1.28. The van der Waals surface area contributed by atoms with Crippen molar-refractivity contribution in [1.29, 1.82) is 0 Å². The summed E-state index contributed by atoms with van der Waals surface area (Å²) < 4.78 is 63.0. The molecule has 4 aliphatic heterocycles. The molecule has 0 unspecified atom stereocenters. The van der Waals surface area contributed by atoms with E-state index in [9.17, 15) is 37.1 Å². The fraction of sp³-hybridized carbons (Fsp3) is 0.630. The molecular weight excluding hydrogens is 838 g/mol. The summed E-state index contributed by atoms with van der Waals surface area (Å²) in [6.07, 6.45) is -2.90. The summed E-state index contributed by atoms with van der Waals surface area (Å²) in [5.74, 6) is -3.10. The molecule has 0 bridgehead atoms. The fourth-order valence-electron chi connectivity index (χ4n) is 7.95. The first kappa shape index (κ1) is 49.9. The van der Waals surface area contributed by atoms with Crippen LogP contribution >= 0.6 is 0 Å². The van der Waals surface area contributed by atoms with Crippen LogP contribution in [0.5, 0.6) is 0 Å². The molecule has 354 valence electrons. The van der Waals surface area contributed by atoms with E-state index < -0.39 is 35.3 Å². The van der Waals surface area contributed by atoms with Crippen molar-refractivity contribution in [2.24, 2.45) is 0 Å². The van der Waals surface area contributed by atoms with E-state index in [2.05, 4.69) is 10.2 Å². The van der Waals surface area contributed by atoms with Gasteiger partial charge in [-0.2, -0.15) is 13.2 Å². The van der Waals surface area contributed by atoms with Gasteiger partial charge in [0.2, 0.25) is 11.8 Å². The fourth-order valence-corrected chi connectivity index (χ4v) is 7.95. The lowest BCUT2D eigenvalue weighted by Gasteiger charge is -2.38. The van der Waals surface area contributed by atoms with Gasteiger partial charge >= 0.3 is 24.0 Å². The number of carbonyl (C=O) groups excluding carboxylic acids is 5. The molecule has 6 rings (SSSR count). The maximum atomic E-state index is 13.7. The molecule has 0 aliphatic carbocycles. The summed E-state index contributed by atoms with van der Waals surface area (Å²) in [7, 11) is 0. The number of amides is 3. The van der Waals surface area contributed by atoms with E-state index in [0.717, 1.165) is 50.5 Å². The van der Waals surface area contributed by atoms with Crippen molar-refractivity contribution < 1.29 is 56.1 Å². The number of anilines is 4. The summed E-state index contributed by atoms with van der Waals surface area (Å²) >= 11 is 0. The Morgan fingerprint density at radius 3 is 1.48 bits per heavy atom. The number of hydrogen-bond donors (Lipinski definition) is 1. The standard InChI is InChI=1S/C24H32F3N3O5.C22H33N3O4/c1-16(31)28-9-11-29(12-10-28)18-5-6-19(21(32)35-23(2,3)4)20(15-18)30(22(33)24(25,26)27)17-7-13-34-14-8-17;1-16(26)24-9-11-25(12-10-24)18-5-6-19(21(27)29-22(2,3)4)20(15-18)23-17-7-13-28-14-8-17/h5-6,15,17H,7-14H2,1-4H3;5-6,15,17,23H,7-14H2,1-4H3. The maximum Gasteiger partial charge on any atom is 0.471 e. The highest BCUT2D eigenvalue weighted by Crippen LogP contribution is 2.36. The number of rotatable bonds is 8. The summed E-state index contributed by atoms with van der Waals surface area (Å²) in [5, 5.41) is 3.55. The zero-order valence-corrected chi connectivity index (χ0v) is 38.5. The molecule has 4 fully saturated rings. The first-order chi connectivity index (χ1) is 30.0. The van der Waals surface area contributed by atoms with E-state index in [1.807, 2.05) is 48.8 Å². The van der Waals surface area contributed by atoms with E-state index >= 15 is 0 Å². The van der Waals surface area contributed by atoms with Crippen molar-refractivity contribution in [2.75, 3.05) is 98.8 Å². The normalized spacial score (nSPS) is 18.1. The molecule has 4 aliphatic rings. The highest BCUT2D eigenvalue weighted by Gasteiger charge is 2.47. The Hall–Kier alpha value is -5.10. The number of carbonyl (C=O) groups is 5. The van der Waals surface area contributed by atoms with Crippen LogP contribution in [-0.2, 0) is 33.3 Å². The average Bonchev–Trinajstić information content (AvgIpc) is 3.23. The number of halogens is 3. The van der Waals surface area contributed by atoms with Crippen molar-refractivity contribution in [3.05, 3.63) is 47.5 Å². The summed E-state index contributed by atoms with van der Waals surface area (Å²) in [6, 6.07) is 9.83. The van der Waals surface area contributed by atoms with Crippen LogP contribution in [-0.4, -0.2) is 148 Å². The number of hydrogen-bond acceptors (Lipinski definition) is 12. The maximum absolute atomic E-state index is 13.7. The molecular formula is C46H65F3N6O9. The van der Waals surface area contributed by atoms with Gasteiger partial charge in [0.1, 0.15) is 11.2 Å². The van der Waals surface area contributed by atoms with E-state index in [4.69, 9.17) is 18.9 Å². The number of nitrogens with one attached hydrogen (secondary N) is 1. The minimum atomic E-state index is -5.13. The molecule has 0 radical (unpaired) electrons. The van der Waals surface area contributed by atoms with Crippen LogP contribution in [0, 0.1) is 0 Å². The van der Waals surface area contributed by atoms with Gasteiger partial charge in [-0.25, -0.2) is 9.59 Å². The largest absolute Gasteiger partial charge is 0.471 e. The molecule has 1 N–H and O–H groups in total. The third kappa shape index (κ3) is 13.9. The molecule has 4 heterocycles. The van der Waals surface area contributed by atoms with Gasteiger partial charge in [0.05, 0.1) is 22.5 Å². The zero-order chi connectivity index (χ0) is 47.0. The zero-order valence-electron chi connectivity index (χ0n) is 38.5. The van der Waals surface area contributed by atoms with Gasteiger partial charge in [-0.15, -0.1) is 0 Å². The Bertz CT molecular complexity index is 1960. The van der Waals surface area contributed by atoms with Gasteiger partial charge in [-0.3, -0.25) is 14.4 Å². The second-order valence-corrected chi connectivity index (χ2v) is 18.5. The van der Waals surface area contributed by atoms with Crippen LogP contribution in [0.4, 0.5) is 35.9 Å². The Kier molecular flexibility index (Phi) is 16.6. The molecule has 0 atom stereocenters. The minimum absolute atomic E-state index is 0.0490. The minimum Gasteiger partial charge on any atom is -0.456 e. The lowest BCUT2D eigenvalue weighted by molar-refractivity contribution is -0.171. The molecule has 18 heteroatoms. The first-order valence-corrected chi connectivity index (χ1v) is 22.1. The quantitative estimate of drug-likeness (QED) is 0.297. The van der Waals surface area contributed by atoms with Gasteiger partial charge in [-0.1, -0.05) is 0 Å². The van der Waals surface area contributed by atoms with E-state index in [0.29, 0.717) is 55.4 Å². The van der Waals surface area contributed by atoms with E-state index in [1.54, 1.807) is 38.7 Å². The van der Waals surface area contributed by atoms with Crippen LogP contribution in [0.1, 0.15) is 102 Å². The number of ether oxygens (including phenoxy) is 4. The van der Waals surface area contributed by atoms with Gasteiger partial charge in [-0.05, 0) is 104 Å². The molecule has 0 spiro atoms. The van der Waals surface area contributed by atoms with E-state index in [1.165, 1.54) is 19.1 Å². The topological polar surface area (TPSA) is 150 Å². The van der Waals surface area contributed by atoms with Crippen LogP contribution in [0.15, 0.2) is 36.4 Å². The van der Waals surface area contributed by atoms with Crippen molar-refractivity contribution in [3.63, 3.8) is 0 Å². The SMILES string of the molecule is CC(=O)N1CCN(c2ccc(C(=O)OC(C)(C)C)c(N(C(=O)C(F)(F)F)C3CCOCC3)c2)CC1.CC(=O)N1CCN(c2ccc(C(=O)OC(C)(C)C)c(NC3CCOCC3)c2)CC1. The molecule has 3 amide bonds. The Labute approximate surface area is 374 Å². The number of benzene rings is 2. The highest BCUT2D eigenvalue weighted by molar-refractivity contribution is 6.05. The molecule has 15 nitrogen and oxygen atoms in total. The van der Waals surface area contributed by atoms with Crippen molar-refractivity contribution >= 4 is 52.4 Å². The van der Waals surface area contributed by atoms with Gasteiger partial charge in [0, 0.05) is 116 Å². The average molecular weight is 903 g/mol. The number of nitrogens with zero attached hydrogens (tertiary/aromatic N) is 5. The number of esters is 2. The van der Waals surface area contributed by atoms with Gasteiger partial charge in [0.15, 0.2) is 0 Å². The lowest BCUT2D eigenvalue weighted by atomic mass is 10.0. The molecule has 2 aromatic rings. The molecule has 0 aromatic heterocycles. The molecule has 64 heavy (non-hydrogen) atoms. The summed E-state index contributed by atoms with van der Waals surface area (Å²) in [6.45, 7) is 20.4. The van der Waals surface area contributed by atoms with Crippen LogP contribution in [0.2, 0.25) is 0 Å². The second kappa shape index (κ2) is 21.3. The smallest absolute Gasteiger partial charge is 0.456 e. The van der Waals surface area contributed by atoms with Crippen LogP contribution < -0.4 is 20.0 Å². The van der Waals surface area contributed by atoms with Crippen LogP contribution in [0.25, 0.3) is 0 Å². The first-order valence-electron chi connectivity index (χ1n) is 22.1. The van der Waals surface area contributed by atoms with Crippen molar-refractivity contribution in [1.82, 2.24) is 9.80 Å². The molecule has 2 aromatic carbocycles. The van der Waals surface area contributed by atoms with Crippen molar-refractivity contribution in [2.45, 2.75) is 111 Å². The second-order valence-electron chi connectivity index (χ2n) is 18.5. The Morgan fingerprint density at radius 2 is 1.05 bits per heavy atom. The Morgan fingerprint density at radius 1 is 0.625 bits per heavy atom. The van der Waals surface area contributed by atoms with Crippen LogP contribution in [0.3, 0.4) is 0 Å². The predicted octanol–water partition coefficient (Wildman–Crippen LogP) is 6.29. The Balaban J connectivity index is 0.000000245. The van der Waals surface area contributed by atoms with Gasteiger partial charge < -0.3 is 48.8 Å². The predicted molar refractivity (Wildman–Crippen MR) is 237 cm³/mol. The van der Waals surface area contributed by atoms with Crippen molar-refractivity contribution in [3.8, 4) is 0 Å². The molecule has 4 saturated heterocycles. The third-order valence-corrected chi connectivity index (χ3v) is 11.3. The number of piperazine rings is 2. The highest BCUT2D eigenvalue weighted by atomic mass is 19.4.